The summed E-state index contributed by atoms with van der Waals surface area (Å²) in [4.78, 5) is 0. The molecule has 0 aliphatic heterocycles. The van der Waals surface area contributed by atoms with Crippen molar-refractivity contribution in [1.29, 1.82) is 0 Å². The van der Waals surface area contributed by atoms with Gasteiger partial charge in [-0.25, -0.2) is 0 Å². The molecular formula is C15H16. The van der Waals surface area contributed by atoms with Crippen molar-refractivity contribution in [3.63, 3.8) is 0 Å². The van der Waals surface area contributed by atoms with Gasteiger partial charge in [0.25, 0.3) is 0 Å². The molecule has 0 amide bonds. The average Bonchev–Trinajstić information content (AvgIpc) is 2.55. The predicted molar refractivity (Wildman–Crippen MR) is 66.8 cm³/mol. The summed E-state index contributed by atoms with van der Waals surface area (Å²) >= 11 is 0. The van der Waals surface area contributed by atoms with Gasteiger partial charge in [-0.15, -0.1) is 0 Å². The lowest BCUT2D eigenvalue weighted by Gasteiger charge is -2.03. The number of aryl methyl sites for hydroxylation is 1. The van der Waals surface area contributed by atoms with E-state index in [9.17, 15) is 0 Å². The zero-order valence-corrected chi connectivity index (χ0v) is 9.38. The van der Waals surface area contributed by atoms with Gasteiger partial charge in [0.15, 0.2) is 0 Å². The summed E-state index contributed by atoms with van der Waals surface area (Å²) in [7, 11) is 0. The number of hydrogen-bond acceptors (Lipinski definition) is 0. The molecule has 0 atom stereocenters. The normalized spacial score (nSPS) is 14.8. The second-order valence-electron chi connectivity index (χ2n) is 4.02. The lowest BCUT2D eigenvalue weighted by molar-refractivity contribution is 1.20. The maximum atomic E-state index is 3.70. The standard InChI is InChI=1S/C15H16/c1-4-5-8-13-10-15-11(2)7-6-9-14(15)12(13)3/h4-9H,1,10H2,2-3H3/b8-5-. The highest BCUT2D eigenvalue weighted by Gasteiger charge is 2.17. The van der Waals surface area contributed by atoms with Crippen LogP contribution >= 0.6 is 0 Å². The average molecular weight is 196 g/mol. The molecule has 1 aliphatic carbocycles. The van der Waals surface area contributed by atoms with Crippen molar-refractivity contribution in [2.24, 2.45) is 0 Å². The van der Waals surface area contributed by atoms with Gasteiger partial charge in [-0.05, 0) is 48.1 Å². The van der Waals surface area contributed by atoms with E-state index < -0.39 is 0 Å². The van der Waals surface area contributed by atoms with Crippen LogP contribution in [-0.4, -0.2) is 0 Å². The fourth-order valence-corrected chi connectivity index (χ4v) is 2.15. The maximum absolute atomic E-state index is 3.70. The Bertz CT molecular complexity index is 459. The molecule has 0 bridgehead atoms. The van der Waals surface area contributed by atoms with Crippen molar-refractivity contribution < 1.29 is 0 Å². The highest BCUT2D eigenvalue weighted by Crippen LogP contribution is 2.34. The van der Waals surface area contributed by atoms with E-state index in [4.69, 9.17) is 0 Å². The van der Waals surface area contributed by atoms with Gasteiger partial charge in [-0.2, -0.15) is 0 Å². The molecule has 0 spiro atoms. The van der Waals surface area contributed by atoms with Gasteiger partial charge < -0.3 is 0 Å². The molecule has 0 saturated carbocycles. The molecule has 1 aromatic carbocycles. The first kappa shape index (κ1) is 9.97. The molecule has 2 rings (SSSR count). The summed E-state index contributed by atoms with van der Waals surface area (Å²) in [6, 6.07) is 6.54. The lowest BCUT2D eigenvalue weighted by Crippen LogP contribution is -1.87. The van der Waals surface area contributed by atoms with Crippen LogP contribution in [0.15, 0.2) is 48.6 Å². The van der Waals surface area contributed by atoms with Crippen LogP contribution in [0.25, 0.3) is 5.57 Å². The fourth-order valence-electron chi connectivity index (χ4n) is 2.15. The number of fused-ring (bicyclic) bond motifs is 1. The van der Waals surface area contributed by atoms with E-state index in [2.05, 4.69) is 44.7 Å². The molecule has 0 heterocycles. The molecule has 0 heteroatoms. The third kappa shape index (κ3) is 1.68. The maximum Gasteiger partial charge on any atom is -0.00143 e. The molecule has 1 aromatic rings. The monoisotopic (exact) mass is 196 g/mol. The van der Waals surface area contributed by atoms with Crippen LogP contribution in [0.4, 0.5) is 0 Å². The largest absolute Gasteiger partial charge is 0.0991 e. The fraction of sp³-hybridized carbons (Fsp3) is 0.200. The Morgan fingerprint density at radius 3 is 2.73 bits per heavy atom. The van der Waals surface area contributed by atoms with Crippen LogP contribution in [-0.2, 0) is 6.42 Å². The third-order valence-corrected chi connectivity index (χ3v) is 3.10. The summed E-state index contributed by atoms with van der Waals surface area (Å²) in [5.74, 6) is 0. The Kier molecular flexibility index (Phi) is 2.59. The van der Waals surface area contributed by atoms with E-state index in [-0.39, 0.29) is 0 Å². The molecule has 76 valence electrons. The summed E-state index contributed by atoms with van der Waals surface area (Å²) in [5, 5.41) is 0. The number of allylic oxidation sites excluding steroid dienone is 5. The van der Waals surface area contributed by atoms with Gasteiger partial charge in [-0.1, -0.05) is 43.0 Å². The molecule has 0 radical (unpaired) electrons. The summed E-state index contributed by atoms with van der Waals surface area (Å²) in [6.07, 6.45) is 7.08. The Morgan fingerprint density at radius 1 is 1.27 bits per heavy atom. The van der Waals surface area contributed by atoms with Gasteiger partial charge >= 0.3 is 0 Å². The molecule has 0 unspecified atom stereocenters. The van der Waals surface area contributed by atoms with Crippen molar-refractivity contribution in [3.05, 3.63) is 65.3 Å². The van der Waals surface area contributed by atoms with E-state index in [1.165, 1.54) is 27.8 Å². The molecule has 15 heavy (non-hydrogen) atoms. The van der Waals surface area contributed by atoms with E-state index in [0.717, 1.165) is 6.42 Å². The van der Waals surface area contributed by atoms with E-state index >= 15 is 0 Å². The van der Waals surface area contributed by atoms with E-state index in [1.807, 2.05) is 12.2 Å². The molecule has 0 aromatic heterocycles. The number of rotatable bonds is 2. The first-order chi connectivity index (χ1) is 7.24. The Labute approximate surface area is 91.6 Å². The SMILES string of the molecule is C=C/C=C\C1=C(C)c2cccc(C)c2C1. The zero-order valence-electron chi connectivity index (χ0n) is 9.38. The number of benzene rings is 1. The number of hydrogen-bond donors (Lipinski definition) is 0. The smallest absolute Gasteiger partial charge is 0.00143 e. The predicted octanol–water partition coefficient (Wildman–Crippen LogP) is 4.07. The minimum atomic E-state index is 1.07. The van der Waals surface area contributed by atoms with Crippen molar-refractivity contribution >= 4 is 5.57 Å². The van der Waals surface area contributed by atoms with Crippen molar-refractivity contribution in [1.82, 2.24) is 0 Å². The van der Waals surface area contributed by atoms with Gasteiger partial charge in [0.2, 0.25) is 0 Å². The van der Waals surface area contributed by atoms with E-state index in [1.54, 1.807) is 0 Å². The van der Waals surface area contributed by atoms with Crippen LogP contribution in [0, 0.1) is 6.92 Å². The quantitative estimate of drug-likeness (QED) is 0.625. The topological polar surface area (TPSA) is 0 Å². The molecular weight excluding hydrogens is 180 g/mol. The van der Waals surface area contributed by atoms with Crippen LogP contribution in [0.2, 0.25) is 0 Å². The minimum Gasteiger partial charge on any atom is -0.0991 e. The third-order valence-electron chi connectivity index (χ3n) is 3.10. The highest BCUT2D eigenvalue weighted by atomic mass is 14.2. The molecule has 0 N–H and O–H groups in total. The first-order valence-electron chi connectivity index (χ1n) is 5.31. The molecule has 0 fully saturated rings. The Hall–Kier alpha value is -1.56. The Morgan fingerprint density at radius 2 is 2.07 bits per heavy atom. The van der Waals surface area contributed by atoms with Crippen LogP contribution in [0.3, 0.4) is 0 Å². The second-order valence-corrected chi connectivity index (χ2v) is 4.02. The lowest BCUT2D eigenvalue weighted by atomic mass is 10.0. The van der Waals surface area contributed by atoms with Crippen molar-refractivity contribution in [3.8, 4) is 0 Å². The van der Waals surface area contributed by atoms with Gasteiger partial charge in [0, 0.05) is 0 Å². The second kappa shape index (κ2) is 3.90. The van der Waals surface area contributed by atoms with Crippen LogP contribution < -0.4 is 0 Å². The van der Waals surface area contributed by atoms with Crippen molar-refractivity contribution in [2.75, 3.05) is 0 Å². The van der Waals surface area contributed by atoms with Crippen LogP contribution in [0.1, 0.15) is 23.6 Å². The highest BCUT2D eigenvalue weighted by molar-refractivity contribution is 5.78. The van der Waals surface area contributed by atoms with Gasteiger partial charge in [0.1, 0.15) is 0 Å². The molecule has 0 saturated heterocycles. The summed E-state index contributed by atoms with van der Waals surface area (Å²) in [6.45, 7) is 8.09. The van der Waals surface area contributed by atoms with Gasteiger partial charge in [-0.3, -0.25) is 0 Å². The summed E-state index contributed by atoms with van der Waals surface area (Å²) < 4.78 is 0. The zero-order chi connectivity index (χ0) is 10.8. The minimum absolute atomic E-state index is 1.07. The van der Waals surface area contributed by atoms with E-state index in [0.29, 0.717) is 0 Å². The van der Waals surface area contributed by atoms with Crippen molar-refractivity contribution in [2.45, 2.75) is 20.3 Å². The van der Waals surface area contributed by atoms with Gasteiger partial charge in [0.05, 0.1) is 0 Å². The van der Waals surface area contributed by atoms with Crippen LogP contribution in [0.5, 0.6) is 0 Å². The molecule has 0 nitrogen and oxygen atoms in total. The Balaban J connectivity index is 2.45. The summed E-state index contributed by atoms with van der Waals surface area (Å²) in [5.41, 5.74) is 7.12. The molecule has 1 aliphatic rings. The first-order valence-corrected chi connectivity index (χ1v) is 5.31.